The summed E-state index contributed by atoms with van der Waals surface area (Å²) >= 11 is 0. The van der Waals surface area contributed by atoms with E-state index in [1.54, 1.807) is 18.2 Å². The number of carbonyl (C=O) groups excluding carboxylic acids is 1. The number of nitrogens with one attached hydrogen (secondary N) is 1. The summed E-state index contributed by atoms with van der Waals surface area (Å²) in [6.07, 6.45) is 0.782. The van der Waals surface area contributed by atoms with Crippen molar-refractivity contribution >= 4 is 11.7 Å². The van der Waals surface area contributed by atoms with Crippen molar-refractivity contribution in [3.8, 4) is 0 Å². The minimum atomic E-state index is -0.832. The molecule has 132 valence electrons. The van der Waals surface area contributed by atoms with Crippen LogP contribution in [0.25, 0.3) is 0 Å². The zero-order chi connectivity index (χ0) is 17.8. The number of aryl methyl sites for hydroxylation is 1. The number of rotatable bonds is 5. The molecule has 0 radical (unpaired) electrons. The normalized spacial score (nSPS) is 18.9. The van der Waals surface area contributed by atoms with Crippen molar-refractivity contribution in [1.82, 2.24) is 9.88 Å². The fourth-order valence-electron chi connectivity index (χ4n) is 3.21. The van der Waals surface area contributed by atoms with Gasteiger partial charge in [-0.15, -0.1) is 0 Å². The van der Waals surface area contributed by atoms with Gasteiger partial charge in [-0.25, -0.2) is 9.37 Å². The van der Waals surface area contributed by atoms with Crippen LogP contribution in [0.5, 0.6) is 0 Å². The number of carbonyl (C=O) groups is 1. The lowest BCUT2D eigenvalue weighted by molar-refractivity contribution is -0.120. The summed E-state index contributed by atoms with van der Waals surface area (Å²) in [5.41, 5.74) is 1.36. The van der Waals surface area contributed by atoms with Gasteiger partial charge in [-0.05, 0) is 56.1 Å². The van der Waals surface area contributed by atoms with Gasteiger partial charge >= 0.3 is 0 Å². The summed E-state index contributed by atoms with van der Waals surface area (Å²) in [6.45, 7) is 2.89. The number of hydrogen-bond acceptors (Lipinski definition) is 4. The fourth-order valence-corrected chi connectivity index (χ4v) is 3.21. The molecule has 2 N–H and O–H groups in total. The summed E-state index contributed by atoms with van der Waals surface area (Å²) in [7, 11) is 0. The van der Waals surface area contributed by atoms with E-state index in [0.717, 1.165) is 25.1 Å². The molecule has 0 bridgehead atoms. The first-order valence-electron chi connectivity index (χ1n) is 8.45. The summed E-state index contributed by atoms with van der Waals surface area (Å²) in [6, 6.07) is 11.1. The lowest BCUT2D eigenvalue weighted by Gasteiger charge is -2.26. The lowest BCUT2D eigenvalue weighted by atomic mass is 10.1. The third kappa shape index (κ3) is 4.41. The summed E-state index contributed by atoms with van der Waals surface area (Å²) in [5, 5.41) is 13.2. The molecule has 1 aromatic heterocycles. The molecule has 0 aliphatic carbocycles. The van der Waals surface area contributed by atoms with E-state index in [1.807, 2.05) is 24.0 Å². The van der Waals surface area contributed by atoms with Crippen LogP contribution in [-0.2, 0) is 4.79 Å². The van der Waals surface area contributed by atoms with Crippen molar-refractivity contribution in [2.24, 2.45) is 0 Å². The molecule has 1 amide bonds. The number of hydrogen-bond donors (Lipinski definition) is 2. The molecule has 5 nitrogen and oxygen atoms in total. The third-order valence-corrected chi connectivity index (χ3v) is 4.45. The predicted octanol–water partition coefficient (Wildman–Crippen LogP) is 2.67. The molecule has 0 spiro atoms. The number of nitrogens with zero attached hydrogens (tertiary/aromatic N) is 2. The van der Waals surface area contributed by atoms with Crippen molar-refractivity contribution < 1.29 is 14.3 Å². The quantitative estimate of drug-likeness (QED) is 0.876. The lowest BCUT2D eigenvalue weighted by Crippen LogP contribution is -2.41. The first-order valence-corrected chi connectivity index (χ1v) is 8.45. The first kappa shape index (κ1) is 17.5. The number of amides is 1. The zero-order valence-corrected chi connectivity index (χ0v) is 14.2. The molecule has 1 saturated heterocycles. The van der Waals surface area contributed by atoms with Crippen molar-refractivity contribution in [2.75, 3.05) is 18.4 Å². The van der Waals surface area contributed by atoms with Gasteiger partial charge in [0.25, 0.3) is 0 Å². The van der Waals surface area contributed by atoms with Crippen LogP contribution in [0.15, 0.2) is 42.5 Å². The van der Waals surface area contributed by atoms with E-state index in [9.17, 15) is 14.3 Å². The third-order valence-electron chi connectivity index (χ3n) is 4.45. The van der Waals surface area contributed by atoms with Gasteiger partial charge in [0.15, 0.2) is 0 Å². The topological polar surface area (TPSA) is 65.5 Å². The molecule has 1 fully saturated rings. The molecular formula is C19H22FN3O2. The average molecular weight is 343 g/mol. The van der Waals surface area contributed by atoms with Gasteiger partial charge in [0.1, 0.15) is 11.6 Å². The largest absolute Gasteiger partial charge is 0.387 e. The van der Waals surface area contributed by atoms with Crippen LogP contribution in [0, 0.1) is 12.7 Å². The zero-order valence-electron chi connectivity index (χ0n) is 14.2. The number of pyridine rings is 1. The van der Waals surface area contributed by atoms with Crippen LogP contribution in [0.2, 0.25) is 0 Å². The Morgan fingerprint density at radius 1 is 1.40 bits per heavy atom. The maximum absolute atomic E-state index is 13.3. The smallest absolute Gasteiger partial charge is 0.242 e. The van der Waals surface area contributed by atoms with Crippen LogP contribution in [0.1, 0.15) is 30.2 Å². The summed E-state index contributed by atoms with van der Waals surface area (Å²) in [5.74, 6) is 0.0300. The Morgan fingerprint density at radius 3 is 2.96 bits per heavy atom. The molecule has 3 rings (SSSR count). The minimum Gasteiger partial charge on any atom is -0.387 e. The van der Waals surface area contributed by atoms with Crippen LogP contribution < -0.4 is 5.32 Å². The van der Waals surface area contributed by atoms with Crippen molar-refractivity contribution in [3.63, 3.8) is 0 Å². The van der Waals surface area contributed by atoms with E-state index in [1.165, 1.54) is 12.1 Å². The number of aliphatic hydroxyl groups excluding tert-OH is 1. The van der Waals surface area contributed by atoms with Gasteiger partial charge in [-0.2, -0.15) is 0 Å². The van der Waals surface area contributed by atoms with Crippen LogP contribution >= 0.6 is 0 Å². The Labute approximate surface area is 146 Å². The molecular weight excluding hydrogens is 321 g/mol. The monoisotopic (exact) mass is 343 g/mol. The van der Waals surface area contributed by atoms with Crippen molar-refractivity contribution in [2.45, 2.75) is 31.9 Å². The van der Waals surface area contributed by atoms with Gasteiger partial charge in [0.2, 0.25) is 5.91 Å². The second kappa shape index (κ2) is 7.72. The molecule has 0 saturated carbocycles. The molecule has 2 heterocycles. The number of anilines is 1. The Morgan fingerprint density at radius 2 is 2.20 bits per heavy atom. The van der Waals surface area contributed by atoms with Gasteiger partial charge in [0, 0.05) is 12.2 Å². The Hall–Kier alpha value is -2.31. The highest BCUT2D eigenvalue weighted by Crippen LogP contribution is 2.23. The van der Waals surface area contributed by atoms with Gasteiger partial charge < -0.3 is 10.4 Å². The number of aliphatic hydroxyl groups is 1. The van der Waals surface area contributed by atoms with Gasteiger partial charge in [0.05, 0.1) is 12.1 Å². The van der Waals surface area contributed by atoms with Crippen molar-refractivity contribution in [1.29, 1.82) is 0 Å². The average Bonchev–Trinajstić information content (AvgIpc) is 3.03. The second-order valence-electron chi connectivity index (χ2n) is 6.38. The maximum atomic E-state index is 13.3. The number of aromatic nitrogens is 1. The van der Waals surface area contributed by atoms with E-state index in [-0.39, 0.29) is 17.8 Å². The molecule has 2 aromatic rings. The number of benzene rings is 1. The maximum Gasteiger partial charge on any atom is 0.242 e. The molecule has 0 unspecified atom stereocenters. The van der Waals surface area contributed by atoms with Crippen LogP contribution in [0.4, 0.5) is 10.2 Å². The molecule has 1 aliphatic heterocycles. The Balaban J connectivity index is 1.64. The summed E-state index contributed by atoms with van der Waals surface area (Å²) < 4.78 is 13.3. The van der Waals surface area contributed by atoms with E-state index < -0.39 is 6.10 Å². The number of likely N-dealkylation sites (tertiary alicyclic amines) is 1. The Bertz CT molecular complexity index is 753. The standard InChI is InChI=1S/C19H22FN3O2/c1-13-5-2-9-18(21-13)22-19(25)16-8-4-10-23(16)12-17(24)14-6-3-7-15(20)11-14/h2-3,5-7,9,11,16-17,24H,4,8,10,12H2,1H3,(H,21,22,25)/t16-,17-/m0/s1. The van der Waals surface area contributed by atoms with E-state index in [2.05, 4.69) is 10.3 Å². The predicted molar refractivity (Wildman–Crippen MR) is 93.6 cm³/mol. The van der Waals surface area contributed by atoms with Crippen LogP contribution in [-0.4, -0.2) is 40.0 Å². The van der Waals surface area contributed by atoms with Crippen molar-refractivity contribution in [3.05, 3.63) is 59.5 Å². The molecule has 1 aromatic carbocycles. The molecule has 6 heteroatoms. The molecule has 1 aliphatic rings. The minimum absolute atomic E-state index is 0.123. The van der Waals surface area contributed by atoms with Gasteiger partial charge in [-0.3, -0.25) is 9.69 Å². The SMILES string of the molecule is Cc1cccc(NC(=O)[C@@H]2CCCN2C[C@H](O)c2cccc(F)c2)n1. The van der Waals surface area contributed by atoms with Crippen LogP contribution in [0.3, 0.4) is 0 Å². The second-order valence-corrected chi connectivity index (χ2v) is 6.38. The molecule has 25 heavy (non-hydrogen) atoms. The summed E-state index contributed by atoms with van der Waals surface area (Å²) in [4.78, 5) is 18.8. The highest BCUT2D eigenvalue weighted by molar-refractivity contribution is 5.94. The number of β-amino-alcohol motifs (C(OH)–C–C–N with tert-alkyl or cyclic N) is 1. The van der Waals surface area contributed by atoms with E-state index in [0.29, 0.717) is 17.9 Å². The Kier molecular flexibility index (Phi) is 5.40. The first-order chi connectivity index (χ1) is 12.0. The molecule has 2 atom stereocenters. The van der Waals surface area contributed by atoms with E-state index in [4.69, 9.17) is 0 Å². The highest BCUT2D eigenvalue weighted by atomic mass is 19.1. The highest BCUT2D eigenvalue weighted by Gasteiger charge is 2.32. The van der Waals surface area contributed by atoms with E-state index >= 15 is 0 Å². The number of halogens is 1. The fraction of sp³-hybridized carbons (Fsp3) is 0.368. The van der Waals surface area contributed by atoms with Gasteiger partial charge in [-0.1, -0.05) is 18.2 Å².